The van der Waals surface area contributed by atoms with Crippen LogP contribution in [0.2, 0.25) is 0 Å². The Morgan fingerprint density at radius 2 is 1.57 bits per heavy atom. The molecule has 0 bridgehead atoms. The molecule has 0 radical (unpaired) electrons. The summed E-state index contributed by atoms with van der Waals surface area (Å²) in [6, 6.07) is 2.30. The number of nitrogens with zero attached hydrogens (tertiary/aromatic N) is 4. The van der Waals surface area contributed by atoms with Crippen LogP contribution in [0.1, 0.15) is 89.7 Å². The van der Waals surface area contributed by atoms with Crippen molar-refractivity contribution in [3.05, 3.63) is 33.1 Å². The summed E-state index contributed by atoms with van der Waals surface area (Å²) >= 11 is 3.91. The van der Waals surface area contributed by atoms with E-state index < -0.39 is 5.41 Å². The standard InChI is InChI=1S/C30H45BrN4O2/c1-8-34(9-2)18-23-24(19-35(10-3)11-4)33-27-22(31)17-21-20(26(27)32-23)13-14-25-29(21,5)15-12-16-30(25,6)28(36)37-7/h17,25H,8-16,18-19H2,1-7H3/t25?,29-,30-/m1/s1. The minimum atomic E-state index is -0.450. The van der Waals surface area contributed by atoms with Crippen LogP contribution >= 0.6 is 15.9 Å². The normalized spacial score (nSPS) is 25.4. The number of aromatic nitrogens is 2. The predicted molar refractivity (Wildman–Crippen MR) is 154 cm³/mol. The van der Waals surface area contributed by atoms with Gasteiger partial charge in [0.05, 0.1) is 29.4 Å². The fourth-order valence-electron chi connectivity index (χ4n) is 7.23. The summed E-state index contributed by atoms with van der Waals surface area (Å²) in [5.74, 6) is 0.192. The number of methoxy groups -OCH3 is 1. The Morgan fingerprint density at radius 1 is 1.00 bits per heavy atom. The summed E-state index contributed by atoms with van der Waals surface area (Å²) in [5, 5.41) is 0. The van der Waals surface area contributed by atoms with Crippen LogP contribution in [0.25, 0.3) is 11.0 Å². The summed E-state index contributed by atoms with van der Waals surface area (Å²) in [6.07, 6.45) is 4.89. The lowest BCUT2D eigenvalue weighted by molar-refractivity contribution is -0.161. The third-order valence-electron chi connectivity index (χ3n) is 9.58. The first-order chi connectivity index (χ1) is 17.7. The van der Waals surface area contributed by atoms with Gasteiger partial charge >= 0.3 is 5.97 Å². The molecule has 7 heteroatoms. The zero-order chi connectivity index (χ0) is 27.0. The van der Waals surface area contributed by atoms with Crippen molar-refractivity contribution < 1.29 is 9.53 Å². The summed E-state index contributed by atoms with van der Waals surface area (Å²) in [5.41, 5.74) is 6.32. The summed E-state index contributed by atoms with van der Waals surface area (Å²) in [4.78, 5) is 28.5. The molecule has 2 aliphatic rings. The Bertz CT molecular complexity index is 1150. The number of esters is 1. The molecule has 0 spiro atoms. The van der Waals surface area contributed by atoms with Gasteiger partial charge in [-0.3, -0.25) is 14.6 Å². The van der Waals surface area contributed by atoms with E-state index in [-0.39, 0.29) is 17.3 Å². The molecule has 4 rings (SSSR count). The summed E-state index contributed by atoms with van der Waals surface area (Å²) < 4.78 is 6.34. The van der Waals surface area contributed by atoms with Crippen LogP contribution in [-0.2, 0) is 34.5 Å². The third kappa shape index (κ3) is 4.96. The lowest BCUT2D eigenvalue weighted by atomic mass is 9.49. The van der Waals surface area contributed by atoms with Crippen molar-refractivity contribution in [2.24, 2.45) is 11.3 Å². The van der Waals surface area contributed by atoms with Crippen LogP contribution in [0.4, 0.5) is 0 Å². The highest BCUT2D eigenvalue weighted by atomic mass is 79.9. The average molecular weight is 574 g/mol. The minimum absolute atomic E-state index is 0.0610. The number of hydrogen-bond acceptors (Lipinski definition) is 6. The van der Waals surface area contributed by atoms with Crippen molar-refractivity contribution in [3.63, 3.8) is 0 Å². The molecule has 1 aromatic heterocycles. The highest BCUT2D eigenvalue weighted by Gasteiger charge is 2.56. The van der Waals surface area contributed by atoms with E-state index in [0.717, 1.165) is 98.3 Å². The van der Waals surface area contributed by atoms with Gasteiger partial charge in [0.25, 0.3) is 0 Å². The molecule has 0 amide bonds. The second-order valence-corrected chi connectivity index (χ2v) is 12.2. The van der Waals surface area contributed by atoms with Gasteiger partial charge < -0.3 is 4.74 Å². The van der Waals surface area contributed by atoms with Crippen molar-refractivity contribution >= 4 is 32.9 Å². The molecule has 0 aliphatic heterocycles. The van der Waals surface area contributed by atoms with Crippen LogP contribution in [0.5, 0.6) is 0 Å². The van der Waals surface area contributed by atoms with Crippen LogP contribution in [0.15, 0.2) is 10.5 Å². The van der Waals surface area contributed by atoms with Crippen molar-refractivity contribution in [2.45, 2.75) is 92.2 Å². The molecule has 2 aliphatic carbocycles. The van der Waals surface area contributed by atoms with Crippen LogP contribution in [0, 0.1) is 11.3 Å². The maximum Gasteiger partial charge on any atom is 0.311 e. The monoisotopic (exact) mass is 572 g/mol. The molecule has 0 saturated heterocycles. The number of hydrogen-bond donors (Lipinski definition) is 0. The molecule has 0 N–H and O–H groups in total. The Labute approximate surface area is 231 Å². The second kappa shape index (κ2) is 11.3. The van der Waals surface area contributed by atoms with E-state index in [0.29, 0.717) is 0 Å². The second-order valence-electron chi connectivity index (χ2n) is 11.4. The van der Waals surface area contributed by atoms with E-state index in [2.05, 4.69) is 73.3 Å². The van der Waals surface area contributed by atoms with Gasteiger partial charge in [-0.15, -0.1) is 0 Å². The van der Waals surface area contributed by atoms with Crippen molar-refractivity contribution in [2.75, 3.05) is 33.3 Å². The zero-order valence-corrected chi connectivity index (χ0v) is 25.5. The largest absolute Gasteiger partial charge is 0.469 e. The predicted octanol–water partition coefficient (Wildman–Crippen LogP) is 6.26. The molecule has 1 aromatic carbocycles. The van der Waals surface area contributed by atoms with E-state index in [1.54, 1.807) is 0 Å². The summed E-state index contributed by atoms with van der Waals surface area (Å²) in [7, 11) is 1.53. The number of carbonyl (C=O) groups is 1. The van der Waals surface area contributed by atoms with Gasteiger partial charge in [-0.25, -0.2) is 9.97 Å². The van der Waals surface area contributed by atoms with Crippen LogP contribution in [-0.4, -0.2) is 59.0 Å². The lowest BCUT2D eigenvalue weighted by Crippen LogP contribution is -2.52. The number of aryl methyl sites for hydroxylation is 1. The van der Waals surface area contributed by atoms with E-state index in [4.69, 9.17) is 14.7 Å². The molecule has 204 valence electrons. The molecule has 1 unspecified atom stereocenters. The molecule has 3 atom stereocenters. The zero-order valence-electron chi connectivity index (χ0n) is 23.9. The Morgan fingerprint density at radius 3 is 2.11 bits per heavy atom. The summed E-state index contributed by atoms with van der Waals surface area (Å²) in [6.45, 7) is 18.9. The Hall–Kier alpha value is -1.57. The van der Waals surface area contributed by atoms with E-state index in [1.165, 1.54) is 18.2 Å². The molecule has 1 heterocycles. The van der Waals surface area contributed by atoms with Gasteiger partial charge in [-0.2, -0.15) is 0 Å². The van der Waals surface area contributed by atoms with E-state index >= 15 is 0 Å². The first-order valence-electron chi connectivity index (χ1n) is 14.2. The van der Waals surface area contributed by atoms with Gasteiger partial charge in [0.15, 0.2) is 0 Å². The molecule has 1 fully saturated rings. The molecular weight excluding hydrogens is 528 g/mol. The van der Waals surface area contributed by atoms with Crippen molar-refractivity contribution in [3.8, 4) is 0 Å². The molecular formula is C30H45BrN4O2. The number of ether oxygens (including phenoxy) is 1. The highest BCUT2D eigenvalue weighted by Crippen LogP contribution is 2.58. The van der Waals surface area contributed by atoms with Gasteiger partial charge in [0.1, 0.15) is 5.52 Å². The van der Waals surface area contributed by atoms with Crippen molar-refractivity contribution in [1.29, 1.82) is 0 Å². The average Bonchev–Trinajstić information content (AvgIpc) is 2.90. The van der Waals surface area contributed by atoms with E-state index in [1.807, 2.05) is 0 Å². The molecule has 37 heavy (non-hydrogen) atoms. The number of benzene rings is 1. The fourth-order valence-corrected chi connectivity index (χ4v) is 7.73. The number of halogens is 1. The molecule has 6 nitrogen and oxygen atoms in total. The smallest absolute Gasteiger partial charge is 0.311 e. The van der Waals surface area contributed by atoms with Crippen molar-refractivity contribution in [1.82, 2.24) is 19.8 Å². The number of fused-ring (bicyclic) bond motifs is 5. The van der Waals surface area contributed by atoms with Gasteiger partial charge in [-0.05, 0) is 103 Å². The molecule has 2 aromatic rings. The van der Waals surface area contributed by atoms with Crippen LogP contribution in [0.3, 0.4) is 0 Å². The minimum Gasteiger partial charge on any atom is -0.469 e. The van der Waals surface area contributed by atoms with Gasteiger partial charge in [0, 0.05) is 17.6 Å². The first-order valence-corrected chi connectivity index (χ1v) is 15.0. The SMILES string of the molecule is CCN(CC)Cc1nc2c(Br)cc3c(c2nc1CN(CC)CC)CCC1[C@](C)(C(=O)OC)CCC[C@]31C. The highest BCUT2D eigenvalue weighted by molar-refractivity contribution is 9.10. The lowest BCUT2D eigenvalue weighted by Gasteiger charge is -2.54. The third-order valence-corrected chi connectivity index (χ3v) is 10.2. The quantitative estimate of drug-likeness (QED) is 0.330. The van der Waals surface area contributed by atoms with Crippen LogP contribution < -0.4 is 0 Å². The Kier molecular flexibility index (Phi) is 8.66. The number of rotatable bonds is 9. The maximum atomic E-state index is 13.0. The molecule has 1 saturated carbocycles. The Balaban J connectivity index is 1.89. The van der Waals surface area contributed by atoms with E-state index in [9.17, 15) is 4.79 Å². The maximum absolute atomic E-state index is 13.0. The fraction of sp³-hybridized carbons (Fsp3) is 0.700. The van der Waals surface area contributed by atoms with Gasteiger partial charge in [0.2, 0.25) is 0 Å². The number of carbonyl (C=O) groups excluding carboxylic acids is 1. The van der Waals surface area contributed by atoms with Gasteiger partial charge in [-0.1, -0.05) is 41.0 Å². The topological polar surface area (TPSA) is 58.6 Å². The first kappa shape index (κ1) is 28.4.